The lowest BCUT2D eigenvalue weighted by atomic mass is 10.2. The molecule has 2 saturated carbocycles. The van der Waals surface area contributed by atoms with E-state index in [1.54, 1.807) is 6.26 Å². The second kappa shape index (κ2) is 6.03. The number of nitrogens with one attached hydrogen (secondary N) is 1. The molecule has 7 heteroatoms. The van der Waals surface area contributed by atoms with Crippen LogP contribution in [0, 0.1) is 0 Å². The van der Waals surface area contributed by atoms with Gasteiger partial charge >= 0.3 is 0 Å². The van der Waals surface area contributed by atoms with Crippen molar-refractivity contribution in [1.82, 2.24) is 20.1 Å². The second-order valence-electron chi connectivity index (χ2n) is 6.31. The molecule has 122 valence electrons. The van der Waals surface area contributed by atoms with Gasteiger partial charge in [0, 0.05) is 12.0 Å². The standard InChI is InChI=1S/C16H20N4O2S/c1-10(13-3-2-8-22-13)17-14(21)9-23-16-19-18-15(11-4-5-11)20(16)12-6-7-12/h2-3,8,10-12H,4-7,9H2,1H3,(H,17,21)/t10-/m1/s1. The molecule has 1 N–H and O–H groups in total. The molecule has 0 aromatic carbocycles. The minimum absolute atomic E-state index is 0.0165. The van der Waals surface area contributed by atoms with Crippen LogP contribution in [0.1, 0.15) is 62.2 Å². The Labute approximate surface area is 139 Å². The van der Waals surface area contributed by atoms with Gasteiger partial charge in [-0.2, -0.15) is 0 Å². The van der Waals surface area contributed by atoms with Crippen LogP contribution in [-0.4, -0.2) is 26.4 Å². The van der Waals surface area contributed by atoms with E-state index in [1.807, 2.05) is 19.1 Å². The molecule has 4 rings (SSSR count). The zero-order valence-electron chi connectivity index (χ0n) is 13.1. The van der Waals surface area contributed by atoms with Crippen LogP contribution in [0.25, 0.3) is 0 Å². The van der Waals surface area contributed by atoms with Crippen LogP contribution in [0.15, 0.2) is 28.0 Å². The largest absolute Gasteiger partial charge is 0.467 e. The first-order valence-electron chi connectivity index (χ1n) is 8.12. The molecule has 2 aliphatic rings. The third-order valence-corrected chi connectivity index (χ3v) is 5.17. The number of amides is 1. The van der Waals surface area contributed by atoms with Gasteiger partial charge < -0.3 is 14.3 Å². The lowest BCUT2D eigenvalue weighted by molar-refractivity contribution is -0.119. The third-order valence-electron chi connectivity index (χ3n) is 4.23. The topological polar surface area (TPSA) is 73.0 Å². The molecule has 2 fully saturated rings. The van der Waals surface area contributed by atoms with Crippen LogP contribution in [0.3, 0.4) is 0 Å². The molecule has 2 aromatic rings. The molecule has 1 amide bonds. The van der Waals surface area contributed by atoms with E-state index in [9.17, 15) is 4.79 Å². The molecular weight excluding hydrogens is 312 g/mol. The minimum Gasteiger partial charge on any atom is -0.467 e. The second-order valence-corrected chi connectivity index (χ2v) is 7.25. The van der Waals surface area contributed by atoms with E-state index in [4.69, 9.17) is 4.42 Å². The first-order valence-corrected chi connectivity index (χ1v) is 9.11. The maximum absolute atomic E-state index is 12.1. The lowest BCUT2D eigenvalue weighted by Gasteiger charge is -2.11. The minimum atomic E-state index is -0.124. The van der Waals surface area contributed by atoms with E-state index in [2.05, 4.69) is 20.1 Å². The lowest BCUT2D eigenvalue weighted by Crippen LogP contribution is -2.28. The van der Waals surface area contributed by atoms with Crippen molar-refractivity contribution in [3.05, 3.63) is 30.0 Å². The van der Waals surface area contributed by atoms with Gasteiger partial charge in [-0.1, -0.05) is 11.8 Å². The SMILES string of the molecule is C[C@@H](NC(=O)CSc1nnc(C2CC2)n1C1CC1)c1ccco1. The van der Waals surface area contributed by atoms with Crippen LogP contribution >= 0.6 is 11.8 Å². The summed E-state index contributed by atoms with van der Waals surface area (Å²) in [6, 6.07) is 4.11. The van der Waals surface area contributed by atoms with Gasteiger partial charge in [0.2, 0.25) is 5.91 Å². The van der Waals surface area contributed by atoms with Crippen LogP contribution in [-0.2, 0) is 4.79 Å². The monoisotopic (exact) mass is 332 g/mol. The number of hydrogen-bond acceptors (Lipinski definition) is 5. The maximum Gasteiger partial charge on any atom is 0.231 e. The number of carbonyl (C=O) groups is 1. The van der Waals surface area contributed by atoms with Gasteiger partial charge in [0.15, 0.2) is 5.16 Å². The Kier molecular flexibility index (Phi) is 3.88. The quantitative estimate of drug-likeness (QED) is 0.789. The fourth-order valence-electron chi connectivity index (χ4n) is 2.70. The maximum atomic E-state index is 12.1. The number of aromatic nitrogens is 3. The Morgan fingerprint density at radius 2 is 2.26 bits per heavy atom. The van der Waals surface area contributed by atoms with E-state index < -0.39 is 0 Å². The Balaban J connectivity index is 1.36. The van der Waals surface area contributed by atoms with Crippen molar-refractivity contribution < 1.29 is 9.21 Å². The van der Waals surface area contributed by atoms with Crippen molar-refractivity contribution in [2.75, 3.05) is 5.75 Å². The first-order chi connectivity index (χ1) is 11.2. The molecule has 2 aromatic heterocycles. The van der Waals surface area contributed by atoms with Crippen molar-refractivity contribution in [3.63, 3.8) is 0 Å². The van der Waals surface area contributed by atoms with Gasteiger partial charge in [-0.05, 0) is 44.7 Å². The number of carbonyl (C=O) groups excluding carboxylic acids is 1. The molecule has 6 nitrogen and oxygen atoms in total. The normalized spacial score (nSPS) is 18.8. The summed E-state index contributed by atoms with van der Waals surface area (Å²) in [5.41, 5.74) is 0. The van der Waals surface area contributed by atoms with Crippen molar-refractivity contribution in [2.24, 2.45) is 0 Å². The van der Waals surface area contributed by atoms with E-state index in [0.29, 0.717) is 17.7 Å². The Bertz CT molecular complexity index is 689. The van der Waals surface area contributed by atoms with E-state index in [0.717, 1.165) is 16.7 Å². The number of nitrogens with zero attached hydrogens (tertiary/aromatic N) is 3. The highest BCUT2D eigenvalue weighted by Crippen LogP contribution is 2.45. The van der Waals surface area contributed by atoms with Crippen LogP contribution in [0.4, 0.5) is 0 Å². The molecule has 0 radical (unpaired) electrons. The highest BCUT2D eigenvalue weighted by molar-refractivity contribution is 7.99. The number of thioether (sulfide) groups is 1. The molecule has 23 heavy (non-hydrogen) atoms. The summed E-state index contributed by atoms with van der Waals surface area (Å²) < 4.78 is 7.58. The fourth-order valence-corrected chi connectivity index (χ4v) is 3.53. The average Bonchev–Trinajstić information content (AvgIpc) is 3.47. The molecule has 1 atom stereocenters. The van der Waals surface area contributed by atoms with Gasteiger partial charge in [0.1, 0.15) is 11.6 Å². The van der Waals surface area contributed by atoms with Crippen molar-refractivity contribution >= 4 is 17.7 Å². The molecule has 0 saturated heterocycles. The third kappa shape index (κ3) is 3.29. The first kappa shape index (κ1) is 14.8. The van der Waals surface area contributed by atoms with Gasteiger partial charge in [-0.15, -0.1) is 10.2 Å². The molecule has 0 aliphatic heterocycles. The summed E-state index contributed by atoms with van der Waals surface area (Å²) in [5.74, 6) is 2.81. The Morgan fingerprint density at radius 1 is 1.43 bits per heavy atom. The molecule has 2 heterocycles. The van der Waals surface area contributed by atoms with E-state index >= 15 is 0 Å². The molecular formula is C16H20N4O2S. The summed E-state index contributed by atoms with van der Waals surface area (Å²) in [7, 11) is 0. The van der Waals surface area contributed by atoms with E-state index in [-0.39, 0.29) is 11.9 Å². The summed E-state index contributed by atoms with van der Waals surface area (Å²) in [6.07, 6.45) is 6.46. The molecule has 2 aliphatic carbocycles. The Morgan fingerprint density at radius 3 is 2.91 bits per heavy atom. The Hall–Kier alpha value is -1.76. The predicted molar refractivity (Wildman–Crippen MR) is 86.3 cm³/mol. The van der Waals surface area contributed by atoms with Gasteiger partial charge in [0.25, 0.3) is 0 Å². The van der Waals surface area contributed by atoms with Crippen molar-refractivity contribution in [2.45, 2.75) is 55.8 Å². The zero-order valence-corrected chi connectivity index (χ0v) is 13.9. The van der Waals surface area contributed by atoms with Gasteiger partial charge in [0.05, 0.1) is 18.1 Å². The van der Waals surface area contributed by atoms with Crippen LogP contribution in [0.2, 0.25) is 0 Å². The predicted octanol–water partition coefficient (Wildman–Crippen LogP) is 3.05. The van der Waals surface area contributed by atoms with Crippen LogP contribution < -0.4 is 5.32 Å². The molecule has 0 spiro atoms. The summed E-state index contributed by atoms with van der Waals surface area (Å²) >= 11 is 1.48. The average molecular weight is 332 g/mol. The zero-order chi connectivity index (χ0) is 15.8. The van der Waals surface area contributed by atoms with Gasteiger partial charge in [-0.25, -0.2) is 0 Å². The smallest absolute Gasteiger partial charge is 0.231 e. The van der Waals surface area contributed by atoms with Crippen molar-refractivity contribution in [1.29, 1.82) is 0 Å². The highest BCUT2D eigenvalue weighted by Gasteiger charge is 2.36. The summed E-state index contributed by atoms with van der Waals surface area (Å²) in [5, 5.41) is 12.5. The number of hydrogen-bond donors (Lipinski definition) is 1. The van der Waals surface area contributed by atoms with E-state index in [1.165, 1.54) is 37.4 Å². The summed E-state index contributed by atoms with van der Waals surface area (Å²) in [4.78, 5) is 12.1. The number of furan rings is 1. The van der Waals surface area contributed by atoms with Crippen molar-refractivity contribution in [3.8, 4) is 0 Å². The summed E-state index contributed by atoms with van der Waals surface area (Å²) in [6.45, 7) is 1.92. The number of rotatable bonds is 7. The molecule has 0 bridgehead atoms. The van der Waals surface area contributed by atoms with Gasteiger partial charge in [-0.3, -0.25) is 4.79 Å². The highest BCUT2D eigenvalue weighted by atomic mass is 32.2. The molecule has 0 unspecified atom stereocenters. The fraction of sp³-hybridized carbons (Fsp3) is 0.562. The van der Waals surface area contributed by atoms with Crippen LogP contribution in [0.5, 0.6) is 0 Å².